The molecule has 0 unspecified atom stereocenters. The highest BCUT2D eigenvalue weighted by atomic mass is 32.2. The molecule has 144 valence electrons. The minimum Gasteiger partial charge on any atom is -0.506 e. The summed E-state index contributed by atoms with van der Waals surface area (Å²) in [4.78, 5) is 14.6. The number of aromatic hydroxyl groups is 1. The lowest BCUT2D eigenvalue weighted by atomic mass is 10.1. The number of aryl methyl sites for hydroxylation is 2. The Kier molecular flexibility index (Phi) is 4.86. The van der Waals surface area contributed by atoms with Gasteiger partial charge in [0, 0.05) is 11.4 Å². The van der Waals surface area contributed by atoms with E-state index in [1.165, 1.54) is 44.6 Å². The third-order valence-electron chi connectivity index (χ3n) is 5.09. The summed E-state index contributed by atoms with van der Waals surface area (Å²) in [5, 5.41) is 12.9. The predicted molar refractivity (Wildman–Crippen MR) is 107 cm³/mol. The molecule has 2 aliphatic rings. The zero-order valence-electron chi connectivity index (χ0n) is 14.9. The van der Waals surface area contributed by atoms with Gasteiger partial charge in [0.05, 0.1) is 22.0 Å². The Bertz CT molecular complexity index is 958. The number of phenols is 1. The zero-order chi connectivity index (χ0) is 19.0. The summed E-state index contributed by atoms with van der Waals surface area (Å²) in [6.07, 6.45) is 6.13. The Hall–Kier alpha value is -2.06. The Morgan fingerprint density at radius 2 is 1.93 bits per heavy atom. The second-order valence-electron chi connectivity index (χ2n) is 7.02. The second-order valence-corrected chi connectivity index (χ2v) is 10.2. The number of rotatable bonds is 3. The molecule has 2 aromatic rings. The van der Waals surface area contributed by atoms with E-state index in [0.717, 1.165) is 25.7 Å². The summed E-state index contributed by atoms with van der Waals surface area (Å²) < 4.78 is 25.6. The summed E-state index contributed by atoms with van der Waals surface area (Å²) in [5.74, 6) is -0.234. The Morgan fingerprint density at radius 1 is 1.11 bits per heavy atom. The summed E-state index contributed by atoms with van der Waals surface area (Å²) >= 11 is 1.51. The number of carbonyl (C=O) groups excluding carboxylic acids is 1. The number of hydrogen-bond acceptors (Lipinski definition) is 5. The third-order valence-corrected chi connectivity index (χ3v) is 8.19. The van der Waals surface area contributed by atoms with E-state index in [1.54, 1.807) is 6.07 Å². The van der Waals surface area contributed by atoms with Gasteiger partial charge in [-0.25, -0.2) is 8.42 Å². The van der Waals surface area contributed by atoms with Gasteiger partial charge in [0.15, 0.2) is 0 Å². The molecule has 1 aliphatic heterocycles. The van der Waals surface area contributed by atoms with Gasteiger partial charge in [-0.1, -0.05) is 6.42 Å². The van der Waals surface area contributed by atoms with Gasteiger partial charge < -0.3 is 10.4 Å². The molecule has 0 radical (unpaired) electrons. The highest BCUT2D eigenvalue weighted by Crippen LogP contribution is 2.34. The van der Waals surface area contributed by atoms with Crippen LogP contribution in [0, 0.1) is 0 Å². The number of hydrogen-bond donors (Lipinski definition) is 2. The summed E-state index contributed by atoms with van der Waals surface area (Å²) in [5.41, 5.74) is 1.94. The topological polar surface area (TPSA) is 86.7 Å². The minimum atomic E-state index is -3.31. The molecule has 2 heterocycles. The van der Waals surface area contributed by atoms with Crippen LogP contribution in [-0.2, 0) is 22.9 Å². The van der Waals surface area contributed by atoms with Crippen LogP contribution in [0.1, 0.15) is 45.8 Å². The fraction of sp³-hybridized carbons (Fsp3) is 0.421. The van der Waals surface area contributed by atoms with E-state index in [9.17, 15) is 18.3 Å². The maximum absolute atomic E-state index is 12.7. The van der Waals surface area contributed by atoms with Crippen LogP contribution < -0.4 is 9.62 Å². The van der Waals surface area contributed by atoms with Crippen molar-refractivity contribution >= 4 is 38.6 Å². The van der Waals surface area contributed by atoms with Crippen molar-refractivity contribution in [3.05, 3.63) is 39.6 Å². The molecule has 4 rings (SSSR count). The van der Waals surface area contributed by atoms with Crippen LogP contribution in [0.15, 0.2) is 24.3 Å². The molecular weight excluding hydrogens is 384 g/mol. The van der Waals surface area contributed by atoms with Gasteiger partial charge in [0.2, 0.25) is 10.0 Å². The summed E-state index contributed by atoms with van der Waals surface area (Å²) in [6, 6.07) is 6.45. The van der Waals surface area contributed by atoms with Gasteiger partial charge in [-0.15, -0.1) is 11.3 Å². The second kappa shape index (κ2) is 7.16. The molecule has 6 nitrogen and oxygen atoms in total. The molecule has 1 amide bonds. The van der Waals surface area contributed by atoms with E-state index in [2.05, 4.69) is 5.32 Å². The van der Waals surface area contributed by atoms with E-state index < -0.39 is 10.0 Å². The number of anilines is 2. The molecule has 0 saturated carbocycles. The number of nitrogens with one attached hydrogen (secondary N) is 1. The average molecular weight is 407 g/mol. The van der Waals surface area contributed by atoms with Gasteiger partial charge in [0.25, 0.3) is 5.91 Å². The van der Waals surface area contributed by atoms with E-state index in [4.69, 9.17) is 0 Å². The standard InChI is InChI=1S/C19H22N2O4S2/c22-16-8-7-14(21-9-4-10-27(21,24)25)12-15(16)20-19(23)18-11-13-5-2-1-3-6-17(13)26-18/h7-8,11-12,22H,1-6,9-10H2,(H,20,23). The number of thiophene rings is 1. The number of amides is 1. The lowest BCUT2D eigenvalue weighted by molar-refractivity contribution is 0.103. The van der Waals surface area contributed by atoms with Crippen LogP contribution >= 0.6 is 11.3 Å². The van der Waals surface area contributed by atoms with Crippen LogP contribution in [-0.4, -0.2) is 31.7 Å². The van der Waals surface area contributed by atoms with E-state index >= 15 is 0 Å². The molecule has 1 aliphatic carbocycles. The smallest absolute Gasteiger partial charge is 0.265 e. The number of fused-ring (bicyclic) bond motifs is 1. The van der Waals surface area contributed by atoms with Crippen molar-refractivity contribution in [3.63, 3.8) is 0 Å². The fourth-order valence-electron chi connectivity index (χ4n) is 3.67. The molecule has 8 heteroatoms. The van der Waals surface area contributed by atoms with Gasteiger partial charge in [-0.3, -0.25) is 9.10 Å². The van der Waals surface area contributed by atoms with E-state index in [1.807, 2.05) is 6.07 Å². The molecular formula is C19H22N2O4S2. The Morgan fingerprint density at radius 3 is 2.70 bits per heavy atom. The van der Waals surface area contributed by atoms with Crippen LogP contribution in [0.3, 0.4) is 0 Å². The van der Waals surface area contributed by atoms with Crippen molar-refractivity contribution in [1.29, 1.82) is 0 Å². The van der Waals surface area contributed by atoms with Crippen molar-refractivity contribution in [2.45, 2.75) is 38.5 Å². The molecule has 1 fully saturated rings. The Labute approximate surface area is 162 Å². The summed E-state index contributed by atoms with van der Waals surface area (Å²) in [6.45, 7) is 0.415. The van der Waals surface area contributed by atoms with Crippen molar-refractivity contribution in [2.75, 3.05) is 21.9 Å². The lowest BCUT2D eigenvalue weighted by Gasteiger charge is -2.18. The van der Waals surface area contributed by atoms with Gasteiger partial charge in [-0.2, -0.15) is 0 Å². The third kappa shape index (κ3) is 3.68. The Balaban J connectivity index is 1.57. The zero-order valence-corrected chi connectivity index (χ0v) is 16.5. The first-order valence-corrected chi connectivity index (χ1v) is 11.6. The molecule has 0 atom stereocenters. The van der Waals surface area contributed by atoms with Crippen LogP contribution in [0.25, 0.3) is 0 Å². The minimum absolute atomic E-state index is 0.0817. The van der Waals surface area contributed by atoms with Gasteiger partial charge in [-0.05, 0) is 61.9 Å². The van der Waals surface area contributed by atoms with Crippen molar-refractivity contribution in [3.8, 4) is 5.75 Å². The highest BCUT2D eigenvalue weighted by molar-refractivity contribution is 7.93. The first-order chi connectivity index (χ1) is 12.9. The largest absolute Gasteiger partial charge is 0.506 e. The fourth-order valence-corrected chi connectivity index (χ4v) is 6.38. The molecule has 1 saturated heterocycles. The van der Waals surface area contributed by atoms with E-state index in [-0.39, 0.29) is 23.1 Å². The lowest BCUT2D eigenvalue weighted by Crippen LogP contribution is -2.25. The van der Waals surface area contributed by atoms with Crippen molar-refractivity contribution in [2.24, 2.45) is 0 Å². The molecule has 1 aromatic heterocycles. The predicted octanol–water partition coefficient (Wildman–Crippen LogP) is 3.51. The first kappa shape index (κ1) is 18.3. The normalized spacial score (nSPS) is 18.7. The highest BCUT2D eigenvalue weighted by Gasteiger charge is 2.29. The van der Waals surface area contributed by atoms with Gasteiger partial charge in [0.1, 0.15) is 5.75 Å². The van der Waals surface area contributed by atoms with Crippen LogP contribution in [0.4, 0.5) is 11.4 Å². The average Bonchev–Trinajstić information content (AvgIpc) is 3.12. The number of phenolic OH excluding ortho intramolecular Hbond substituents is 1. The maximum atomic E-state index is 12.7. The number of sulfonamides is 1. The molecule has 27 heavy (non-hydrogen) atoms. The van der Waals surface area contributed by atoms with Crippen LogP contribution in [0.2, 0.25) is 0 Å². The molecule has 0 bridgehead atoms. The summed E-state index contributed by atoms with van der Waals surface area (Å²) in [7, 11) is -3.31. The number of carbonyl (C=O) groups is 1. The monoisotopic (exact) mass is 406 g/mol. The van der Waals surface area contributed by atoms with Gasteiger partial charge >= 0.3 is 0 Å². The molecule has 2 N–H and O–H groups in total. The SMILES string of the molecule is O=C(Nc1cc(N2CCCS2(=O)=O)ccc1O)c1cc2c(s1)CCCCC2. The first-order valence-electron chi connectivity index (χ1n) is 9.20. The van der Waals surface area contributed by atoms with Crippen LogP contribution in [0.5, 0.6) is 5.75 Å². The molecule has 0 spiro atoms. The quantitative estimate of drug-likeness (QED) is 0.603. The number of nitrogens with zero attached hydrogens (tertiary/aromatic N) is 1. The molecule has 1 aromatic carbocycles. The van der Waals surface area contributed by atoms with E-state index in [0.29, 0.717) is 23.5 Å². The van der Waals surface area contributed by atoms with Crippen molar-refractivity contribution in [1.82, 2.24) is 0 Å². The maximum Gasteiger partial charge on any atom is 0.265 e. The van der Waals surface area contributed by atoms with Crippen molar-refractivity contribution < 1.29 is 18.3 Å². The number of benzene rings is 1.